The lowest BCUT2D eigenvalue weighted by Gasteiger charge is -2.35. The molecule has 0 aliphatic carbocycles. The van der Waals surface area contributed by atoms with Crippen LogP contribution in [0.2, 0.25) is 0 Å². The molecule has 2 fully saturated rings. The molecule has 3 atom stereocenters. The number of ether oxygens (including phenoxy) is 1. The summed E-state index contributed by atoms with van der Waals surface area (Å²) in [6.45, 7) is 5.23. The van der Waals surface area contributed by atoms with Crippen molar-refractivity contribution in [1.29, 1.82) is 0 Å². The highest BCUT2D eigenvalue weighted by Crippen LogP contribution is 2.35. The fourth-order valence-corrected chi connectivity index (χ4v) is 3.48. The standard InChI is InChI=1S/C15H24N2O2/c1-16(2)10-15-14-5-6-17(8-12(14)11-19-15)9-13-4-3-7-18-13/h3-4,7,12,14-15H,5-6,8-11H2,1-2H3/t12-,14-,15+/m1/s1. The first kappa shape index (κ1) is 13.2. The number of nitrogens with zero attached hydrogens (tertiary/aromatic N) is 2. The number of hydrogen-bond donors (Lipinski definition) is 0. The highest BCUT2D eigenvalue weighted by atomic mass is 16.5. The van der Waals surface area contributed by atoms with E-state index in [2.05, 4.69) is 30.0 Å². The fourth-order valence-electron chi connectivity index (χ4n) is 3.48. The first-order chi connectivity index (χ1) is 9.22. The molecule has 1 aromatic rings. The van der Waals surface area contributed by atoms with Crippen molar-refractivity contribution in [2.75, 3.05) is 40.3 Å². The van der Waals surface area contributed by atoms with Crippen LogP contribution in [0.15, 0.2) is 22.8 Å². The molecule has 0 saturated carbocycles. The Morgan fingerprint density at radius 3 is 3.05 bits per heavy atom. The zero-order valence-corrected chi connectivity index (χ0v) is 11.9. The Bertz CT molecular complexity index is 391. The highest BCUT2D eigenvalue weighted by Gasteiger charge is 2.40. The molecule has 1 aromatic heterocycles. The molecule has 4 heteroatoms. The van der Waals surface area contributed by atoms with Gasteiger partial charge in [0.2, 0.25) is 0 Å². The molecule has 19 heavy (non-hydrogen) atoms. The van der Waals surface area contributed by atoms with Crippen molar-refractivity contribution in [3.63, 3.8) is 0 Å². The van der Waals surface area contributed by atoms with Crippen LogP contribution in [0.5, 0.6) is 0 Å². The van der Waals surface area contributed by atoms with Crippen molar-refractivity contribution in [2.24, 2.45) is 11.8 Å². The summed E-state index contributed by atoms with van der Waals surface area (Å²) in [6.07, 6.45) is 3.45. The zero-order valence-electron chi connectivity index (χ0n) is 11.9. The maximum absolute atomic E-state index is 6.00. The third-order valence-electron chi connectivity index (χ3n) is 4.38. The van der Waals surface area contributed by atoms with Gasteiger partial charge in [0.05, 0.1) is 25.5 Å². The SMILES string of the molecule is CN(C)C[C@@H]1OC[C@H]2CN(Cc3ccco3)CC[C@H]21. The van der Waals surface area contributed by atoms with Crippen LogP contribution in [0.1, 0.15) is 12.2 Å². The lowest BCUT2D eigenvalue weighted by Crippen LogP contribution is -2.42. The molecule has 0 bridgehead atoms. The van der Waals surface area contributed by atoms with Crippen molar-refractivity contribution in [3.8, 4) is 0 Å². The summed E-state index contributed by atoms with van der Waals surface area (Å²) in [5.41, 5.74) is 0. The maximum Gasteiger partial charge on any atom is 0.117 e. The third-order valence-corrected chi connectivity index (χ3v) is 4.38. The second-order valence-corrected chi connectivity index (χ2v) is 6.16. The molecule has 0 radical (unpaired) electrons. The number of likely N-dealkylation sites (tertiary alicyclic amines) is 1. The molecule has 2 aliphatic heterocycles. The second kappa shape index (κ2) is 5.65. The number of hydrogen-bond acceptors (Lipinski definition) is 4. The Morgan fingerprint density at radius 2 is 2.32 bits per heavy atom. The molecular weight excluding hydrogens is 240 g/mol. The minimum atomic E-state index is 0.436. The van der Waals surface area contributed by atoms with E-state index in [-0.39, 0.29) is 0 Å². The van der Waals surface area contributed by atoms with Gasteiger partial charge in [0.15, 0.2) is 0 Å². The minimum Gasteiger partial charge on any atom is -0.468 e. The van der Waals surface area contributed by atoms with E-state index in [1.807, 2.05) is 6.07 Å². The molecule has 0 aromatic carbocycles. The Morgan fingerprint density at radius 1 is 1.42 bits per heavy atom. The Kier molecular flexibility index (Phi) is 3.91. The predicted octanol–water partition coefficient (Wildman–Crippen LogP) is 1.68. The topological polar surface area (TPSA) is 28.9 Å². The number of likely N-dealkylation sites (N-methyl/N-ethyl adjacent to an activating group) is 1. The molecule has 2 saturated heterocycles. The van der Waals surface area contributed by atoms with Gasteiger partial charge in [0, 0.05) is 19.0 Å². The van der Waals surface area contributed by atoms with Crippen molar-refractivity contribution in [1.82, 2.24) is 9.80 Å². The van der Waals surface area contributed by atoms with Crippen molar-refractivity contribution >= 4 is 0 Å². The molecule has 106 valence electrons. The lowest BCUT2D eigenvalue weighted by atomic mass is 9.84. The van der Waals surface area contributed by atoms with Gasteiger partial charge in [-0.05, 0) is 45.1 Å². The Labute approximate surface area is 115 Å². The Hall–Kier alpha value is -0.840. The Balaban J connectivity index is 1.55. The van der Waals surface area contributed by atoms with E-state index < -0.39 is 0 Å². The summed E-state index contributed by atoms with van der Waals surface area (Å²) in [7, 11) is 4.26. The van der Waals surface area contributed by atoms with E-state index >= 15 is 0 Å². The van der Waals surface area contributed by atoms with Crippen LogP contribution >= 0.6 is 0 Å². The van der Waals surface area contributed by atoms with Gasteiger partial charge in [-0.2, -0.15) is 0 Å². The average molecular weight is 264 g/mol. The molecule has 0 unspecified atom stereocenters. The summed E-state index contributed by atoms with van der Waals surface area (Å²) in [5.74, 6) is 2.52. The van der Waals surface area contributed by atoms with Crippen molar-refractivity contribution in [3.05, 3.63) is 24.2 Å². The first-order valence-electron chi connectivity index (χ1n) is 7.23. The number of rotatable bonds is 4. The lowest BCUT2D eigenvalue weighted by molar-refractivity contribution is 0.0622. The highest BCUT2D eigenvalue weighted by molar-refractivity contribution is 4.99. The van der Waals surface area contributed by atoms with Crippen LogP contribution < -0.4 is 0 Å². The van der Waals surface area contributed by atoms with Crippen molar-refractivity contribution < 1.29 is 9.15 Å². The number of piperidine rings is 1. The molecule has 0 N–H and O–H groups in total. The zero-order chi connectivity index (χ0) is 13.2. The van der Waals surface area contributed by atoms with E-state index in [0.717, 1.165) is 44.5 Å². The molecule has 3 heterocycles. The fraction of sp³-hybridized carbons (Fsp3) is 0.733. The molecule has 3 rings (SSSR count). The normalized spacial score (nSPS) is 31.8. The first-order valence-corrected chi connectivity index (χ1v) is 7.23. The van der Waals surface area contributed by atoms with E-state index in [1.54, 1.807) is 6.26 Å². The summed E-state index contributed by atoms with van der Waals surface area (Å²) < 4.78 is 11.4. The van der Waals surface area contributed by atoms with E-state index in [0.29, 0.717) is 12.0 Å². The monoisotopic (exact) mass is 264 g/mol. The van der Waals surface area contributed by atoms with Gasteiger partial charge in [-0.1, -0.05) is 0 Å². The molecule has 0 spiro atoms. The van der Waals surface area contributed by atoms with Gasteiger partial charge in [-0.25, -0.2) is 0 Å². The summed E-state index contributed by atoms with van der Waals surface area (Å²) >= 11 is 0. The van der Waals surface area contributed by atoms with Crippen LogP contribution in [-0.4, -0.2) is 56.2 Å². The molecule has 0 amide bonds. The summed E-state index contributed by atoms with van der Waals surface area (Å²) in [5, 5.41) is 0. The van der Waals surface area contributed by atoms with Gasteiger partial charge in [0.1, 0.15) is 5.76 Å². The van der Waals surface area contributed by atoms with Crippen LogP contribution in [0.3, 0.4) is 0 Å². The van der Waals surface area contributed by atoms with E-state index in [1.165, 1.54) is 6.42 Å². The maximum atomic E-state index is 6.00. The third kappa shape index (κ3) is 3.02. The molecular formula is C15H24N2O2. The van der Waals surface area contributed by atoms with Gasteiger partial charge < -0.3 is 14.1 Å². The minimum absolute atomic E-state index is 0.436. The predicted molar refractivity (Wildman–Crippen MR) is 73.9 cm³/mol. The van der Waals surface area contributed by atoms with Gasteiger partial charge >= 0.3 is 0 Å². The summed E-state index contributed by atoms with van der Waals surface area (Å²) in [4.78, 5) is 4.74. The van der Waals surface area contributed by atoms with Gasteiger partial charge in [0.25, 0.3) is 0 Å². The smallest absolute Gasteiger partial charge is 0.117 e. The van der Waals surface area contributed by atoms with Crippen LogP contribution in [0, 0.1) is 11.8 Å². The van der Waals surface area contributed by atoms with Crippen LogP contribution in [0.4, 0.5) is 0 Å². The second-order valence-electron chi connectivity index (χ2n) is 6.16. The van der Waals surface area contributed by atoms with Crippen LogP contribution in [0.25, 0.3) is 0 Å². The number of furan rings is 1. The van der Waals surface area contributed by atoms with Crippen LogP contribution in [-0.2, 0) is 11.3 Å². The van der Waals surface area contributed by atoms with Crippen molar-refractivity contribution in [2.45, 2.75) is 19.1 Å². The van der Waals surface area contributed by atoms with Gasteiger partial charge in [-0.15, -0.1) is 0 Å². The van der Waals surface area contributed by atoms with E-state index in [9.17, 15) is 0 Å². The summed E-state index contributed by atoms with van der Waals surface area (Å²) in [6, 6.07) is 4.03. The average Bonchev–Trinajstić information content (AvgIpc) is 2.99. The van der Waals surface area contributed by atoms with Gasteiger partial charge in [-0.3, -0.25) is 4.90 Å². The quantitative estimate of drug-likeness (QED) is 0.827. The van der Waals surface area contributed by atoms with E-state index in [4.69, 9.17) is 9.15 Å². The molecule has 4 nitrogen and oxygen atoms in total. The number of fused-ring (bicyclic) bond motifs is 1. The largest absolute Gasteiger partial charge is 0.468 e. The molecule has 2 aliphatic rings.